The van der Waals surface area contributed by atoms with E-state index in [4.69, 9.17) is 26.2 Å². The van der Waals surface area contributed by atoms with Crippen LogP contribution in [0, 0.1) is 17.1 Å². The summed E-state index contributed by atoms with van der Waals surface area (Å²) < 4.78 is 23.3. The van der Waals surface area contributed by atoms with E-state index in [0.717, 1.165) is 0 Å². The predicted molar refractivity (Wildman–Crippen MR) is 91.0 cm³/mol. The minimum atomic E-state index is -1.15. The van der Waals surface area contributed by atoms with Crippen molar-refractivity contribution in [1.82, 2.24) is 0 Å². The Morgan fingerprint density at radius 3 is 2.60 bits per heavy atom. The Morgan fingerprint density at radius 1 is 1.36 bits per heavy atom. The Hall–Kier alpha value is -3.04. The first-order valence-electron chi connectivity index (χ1n) is 7.04. The van der Waals surface area contributed by atoms with Gasteiger partial charge in [0, 0.05) is 0 Å². The summed E-state index contributed by atoms with van der Waals surface area (Å²) in [5.74, 6) is -1.21. The zero-order valence-corrected chi connectivity index (χ0v) is 13.9. The van der Waals surface area contributed by atoms with Gasteiger partial charge in [-0.3, -0.25) is 0 Å². The van der Waals surface area contributed by atoms with Gasteiger partial charge in [-0.1, -0.05) is 23.7 Å². The Labute approximate surface area is 148 Å². The highest BCUT2D eigenvalue weighted by molar-refractivity contribution is 6.32. The summed E-state index contributed by atoms with van der Waals surface area (Å²) >= 11 is 6.13. The average molecular weight is 362 g/mol. The van der Waals surface area contributed by atoms with E-state index in [1.807, 2.05) is 6.07 Å². The first-order chi connectivity index (χ1) is 11.9. The molecule has 0 saturated heterocycles. The van der Waals surface area contributed by atoms with Gasteiger partial charge in [0.25, 0.3) is 0 Å². The summed E-state index contributed by atoms with van der Waals surface area (Å²) in [5, 5.41) is 18.2. The van der Waals surface area contributed by atoms with Crippen LogP contribution < -0.4 is 9.47 Å². The van der Waals surface area contributed by atoms with Crippen LogP contribution in [-0.4, -0.2) is 24.8 Å². The summed E-state index contributed by atoms with van der Waals surface area (Å²) in [7, 11) is 1.39. The fourth-order valence-corrected chi connectivity index (χ4v) is 2.35. The Balaban J connectivity index is 2.41. The third-order valence-corrected chi connectivity index (χ3v) is 3.46. The van der Waals surface area contributed by atoms with Gasteiger partial charge in [-0.05, 0) is 41.5 Å². The Kier molecular flexibility index (Phi) is 5.98. The Bertz CT molecular complexity index is 857. The van der Waals surface area contributed by atoms with Crippen LogP contribution in [-0.2, 0) is 4.79 Å². The second kappa shape index (κ2) is 8.18. The lowest BCUT2D eigenvalue weighted by Crippen LogP contribution is -2.10. The van der Waals surface area contributed by atoms with Crippen LogP contribution in [0.15, 0.2) is 36.4 Å². The first kappa shape index (κ1) is 18.3. The maximum absolute atomic E-state index is 13.0. The molecule has 5 nitrogen and oxygen atoms in total. The largest absolute Gasteiger partial charge is 0.493 e. The fourth-order valence-electron chi connectivity index (χ4n) is 2.07. The lowest BCUT2D eigenvalue weighted by atomic mass is 10.0. The number of carboxylic acids is 1. The van der Waals surface area contributed by atoms with Crippen molar-refractivity contribution in [2.24, 2.45) is 0 Å². The molecule has 128 valence electrons. The number of rotatable bonds is 6. The van der Waals surface area contributed by atoms with Gasteiger partial charge in [0.05, 0.1) is 23.8 Å². The van der Waals surface area contributed by atoms with Crippen LogP contribution in [0.1, 0.15) is 11.1 Å². The lowest BCUT2D eigenvalue weighted by Gasteiger charge is -2.12. The number of carbonyl (C=O) groups is 1. The number of nitriles is 1. The molecule has 0 aliphatic heterocycles. The van der Waals surface area contributed by atoms with Gasteiger partial charge in [-0.2, -0.15) is 5.26 Å². The minimum absolute atomic E-state index is 0.101. The number of aliphatic carboxylic acids is 1. The van der Waals surface area contributed by atoms with Crippen molar-refractivity contribution in [1.29, 1.82) is 5.26 Å². The third kappa shape index (κ3) is 4.72. The molecule has 0 unspecified atom stereocenters. The van der Waals surface area contributed by atoms with Crippen LogP contribution in [0.3, 0.4) is 0 Å². The number of allylic oxidation sites excluding steroid dienone is 1. The summed E-state index contributed by atoms with van der Waals surface area (Å²) in [6, 6.07) is 10.6. The van der Waals surface area contributed by atoms with Gasteiger partial charge >= 0.3 is 5.97 Å². The van der Waals surface area contributed by atoms with E-state index < -0.39 is 18.4 Å². The second-order valence-electron chi connectivity index (χ2n) is 4.89. The zero-order valence-electron chi connectivity index (χ0n) is 13.1. The molecule has 7 heteroatoms. The van der Waals surface area contributed by atoms with Crippen molar-refractivity contribution in [3.8, 4) is 17.6 Å². The Morgan fingerprint density at radius 2 is 2.04 bits per heavy atom. The van der Waals surface area contributed by atoms with Gasteiger partial charge < -0.3 is 14.6 Å². The quantitative estimate of drug-likeness (QED) is 0.621. The SMILES string of the molecule is COc1cc(C=C(C#N)c2ccc(F)cc2)cc(Cl)c1OCC(=O)O. The number of hydrogen-bond acceptors (Lipinski definition) is 4. The van der Waals surface area contributed by atoms with E-state index in [9.17, 15) is 14.4 Å². The summed E-state index contributed by atoms with van der Waals surface area (Å²) in [4.78, 5) is 10.6. The maximum atomic E-state index is 13.0. The van der Waals surface area contributed by atoms with Gasteiger partial charge in [-0.25, -0.2) is 9.18 Å². The summed E-state index contributed by atoms with van der Waals surface area (Å²) in [5.41, 5.74) is 1.40. The highest BCUT2D eigenvalue weighted by Crippen LogP contribution is 2.37. The molecule has 0 radical (unpaired) electrons. The van der Waals surface area contributed by atoms with Crippen molar-refractivity contribution in [3.63, 3.8) is 0 Å². The number of ether oxygens (including phenoxy) is 2. The standard InChI is InChI=1S/C18H13ClFNO4/c1-24-16-8-11(7-15(19)18(16)25-10-17(22)23)6-13(9-21)12-2-4-14(20)5-3-12/h2-8H,10H2,1H3,(H,22,23). The molecule has 2 rings (SSSR count). The van der Waals surface area contributed by atoms with Crippen molar-refractivity contribution in [2.45, 2.75) is 0 Å². The van der Waals surface area contributed by atoms with Crippen molar-refractivity contribution in [2.75, 3.05) is 13.7 Å². The van der Waals surface area contributed by atoms with Gasteiger partial charge in [0.2, 0.25) is 0 Å². The van der Waals surface area contributed by atoms with Crippen LogP contribution in [0.25, 0.3) is 11.6 Å². The second-order valence-corrected chi connectivity index (χ2v) is 5.30. The van der Waals surface area contributed by atoms with E-state index >= 15 is 0 Å². The summed E-state index contributed by atoms with van der Waals surface area (Å²) in [6.07, 6.45) is 1.56. The molecule has 0 fully saturated rings. The van der Waals surface area contributed by atoms with Crippen LogP contribution in [0.2, 0.25) is 5.02 Å². The molecule has 0 aliphatic carbocycles. The molecule has 2 aromatic rings. The molecule has 0 atom stereocenters. The highest BCUT2D eigenvalue weighted by Gasteiger charge is 2.13. The maximum Gasteiger partial charge on any atom is 0.341 e. The molecule has 25 heavy (non-hydrogen) atoms. The third-order valence-electron chi connectivity index (χ3n) is 3.18. The van der Waals surface area contributed by atoms with Crippen molar-refractivity contribution >= 4 is 29.2 Å². The lowest BCUT2D eigenvalue weighted by molar-refractivity contribution is -0.139. The van der Waals surface area contributed by atoms with Gasteiger partial charge in [0.15, 0.2) is 18.1 Å². The topological polar surface area (TPSA) is 79.5 Å². The van der Waals surface area contributed by atoms with Crippen molar-refractivity contribution < 1.29 is 23.8 Å². The normalized spacial score (nSPS) is 10.9. The molecule has 0 spiro atoms. The van der Waals surface area contributed by atoms with E-state index in [1.54, 1.807) is 12.1 Å². The summed E-state index contributed by atoms with van der Waals surface area (Å²) in [6.45, 7) is -0.565. The van der Waals surface area contributed by atoms with E-state index in [0.29, 0.717) is 16.7 Å². The molecular formula is C18H13ClFNO4. The molecule has 2 aromatic carbocycles. The molecule has 0 bridgehead atoms. The fraction of sp³-hybridized carbons (Fsp3) is 0.111. The van der Waals surface area contributed by atoms with Crippen LogP contribution >= 0.6 is 11.6 Å². The number of carboxylic acid groups (broad SMARTS) is 1. The number of hydrogen-bond donors (Lipinski definition) is 1. The highest BCUT2D eigenvalue weighted by atomic mass is 35.5. The number of benzene rings is 2. The molecule has 0 amide bonds. The van der Waals surface area contributed by atoms with Crippen LogP contribution in [0.5, 0.6) is 11.5 Å². The smallest absolute Gasteiger partial charge is 0.341 e. The van der Waals surface area contributed by atoms with Gasteiger partial charge in [-0.15, -0.1) is 0 Å². The molecule has 0 heterocycles. The number of methoxy groups -OCH3 is 1. The van der Waals surface area contributed by atoms with Gasteiger partial charge in [0.1, 0.15) is 5.82 Å². The average Bonchev–Trinajstić information content (AvgIpc) is 2.59. The number of nitrogens with zero attached hydrogens (tertiary/aromatic N) is 1. The molecule has 0 aromatic heterocycles. The van der Waals surface area contributed by atoms with Crippen LogP contribution in [0.4, 0.5) is 4.39 Å². The molecule has 0 aliphatic rings. The molecule has 1 N–H and O–H groups in total. The van der Waals surface area contributed by atoms with Crippen molar-refractivity contribution in [3.05, 3.63) is 58.4 Å². The number of halogens is 2. The van der Waals surface area contributed by atoms with E-state index in [1.165, 1.54) is 37.4 Å². The zero-order chi connectivity index (χ0) is 18.4. The van der Waals surface area contributed by atoms with E-state index in [2.05, 4.69) is 0 Å². The first-order valence-corrected chi connectivity index (χ1v) is 7.42. The predicted octanol–water partition coefficient (Wildman–Crippen LogP) is 4.02. The molecule has 0 saturated carbocycles. The monoisotopic (exact) mass is 361 g/mol. The van der Waals surface area contributed by atoms with E-state index in [-0.39, 0.29) is 16.5 Å². The molecular weight excluding hydrogens is 349 g/mol. The minimum Gasteiger partial charge on any atom is -0.493 e.